The number of anilines is 2. The molecule has 0 atom stereocenters. The Bertz CT molecular complexity index is 732. The molecule has 0 aliphatic heterocycles. The molecular weight excluding hydrogens is 328 g/mol. The van der Waals surface area contributed by atoms with Crippen molar-refractivity contribution in [2.45, 2.75) is 64.1 Å². The van der Waals surface area contributed by atoms with Gasteiger partial charge in [0.25, 0.3) is 6.43 Å². The van der Waals surface area contributed by atoms with E-state index in [1.807, 2.05) is 13.8 Å². The highest BCUT2D eigenvalue weighted by Gasteiger charge is 2.21. The van der Waals surface area contributed by atoms with Gasteiger partial charge >= 0.3 is 0 Å². The Labute approximate surface area is 145 Å². The summed E-state index contributed by atoms with van der Waals surface area (Å²) in [5.74, 6) is 0.791. The Balaban J connectivity index is 1.90. The molecule has 25 heavy (non-hydrogen) atoms. The van der Waals surface area contributed by atoms with Gasteiger partial charge in [-0.1, -0.05) is 0 Å². The van der Waals surface area contributed by atoms with Gasteiger partial charge in [-0.05, 0) is 45.6 Å². The molecule has 8 heteroatoms. The highest BCUT2D eigenvalue weighted by Crippen LogP contribution is 2.27. The number of rotatable bonds is 5. The predicted octanol–water partition coefficient (Wildman–Crippen LogP) is 3.50. The van der Waals surface area contributed by atoms with E-state index in [4.69, 9.17) is 0 Å². The number of fused-ring (bicyclic) bond motifs is 1. The zero-order valence-corrected chi connectivity index (χ0v) is 14.3. The van der Waals surface area contributed by atoms with Crippen LogP contribution in [0.15, 0.2) is 12.3 Å². The Kier molecular flexibility index (Phi) is 5.27. The van der Waals surface area contributed by atoms with E-state index in [1.165, 1.54) is 6.07 Å². The van der Waals surface area contributed by atoms with Crippen LogP contribution in [0.2, 0.25) is 0 Å². The molecule has 2 aromatic rings. The van der Waals surface area contributed by atoms with Crippen LogP contribution in [0.5, 0.6) is 0 Å². The van der Waals surface area contributed by atoms with Gasteiger partial charge in [0.2, 0.25) is 5.95 Å². The third-order valence-corrected chi connectivity index (χ3v) is 4.26. The topological polar surface area (TPSA) is 83.0 Å². The normalized spacial score (nSPS) is 21.1. The lowest BCUT2D eigenvalue weighted by molar-refractivity contribution is 0.126. The van der Waals surface area contributed by atoms with Crippen molar-refractivity contribution in [3.05, 3.63) is 18.0 Å². The molecule has 3 rings (SSSR count). The molecular formula is C17H23F2N5O. The van der Waals surface area contributed by atoms with Crippen molar-refractivity contribution in [2.24, 2.45) is 0 Å². The first-order chi connectivity index (χ1) is 11.9. The minimum Gasteiger partial charge on any atom is -0.393 e. The molecule has 0 unspecified atom stereocenters. The van der Waals surface area contributed by atoms with E-state index in [0.29, 0.717) is 22.7 Å². The van der Waals surface area contributed by atoms with Gasteiger partial charge in [-0.15, -0.1) is 0 Å². The summed E-state index contributed by atoms with van der Waals surface area (Å²) in [6.45, 7) is 3.83. The number of nitrogens with zero attached hydrogens (tertiary/aromatic N) is 3. The summed E-state index contributed by atoms with van der Waals surface area (Å²) in [7, 11) is 0. The van der Waals surface area contributed by atoms with Gasteiger partial charge in [-0.2, -0.15) is 0 Å². The molecule has 0 aromatic carbocycles. The van der Waals surface area contributed by atoms with Gasteiger partial charge in [-0.3, -0.25) is 0 Å². The highest BCUT2D eigenvalue weighted by molar-refractivity contribution is 5.88. The first-order valence-corrected chi connectivity index (χ1v) is 8.59. The van der Waals surface area contributed by atoms with Gasteiger partial charge in [0.1, 0.15) is 11.2 Å². The van der Waals surface area contributed by atoms with Crippen LogP contribution in [0.1, 0.15) is 51.7 Å². The number of aromatic nitrogens is 3. The fourth-order valence-electron chi connectivity index (χ4n) is 3.02. The molecule has 3 N–H and O–H groups in total. The SMILES string of the molecule is CC(C)Nc1nc(C(F)F)cc2cnc(N[C@H]3CC[C@H](O)CC3)nc12. The second kappa shape index (κ2) is 7.43. The van der Waals surface area contributed by atoms with Crippen molar-refractivity contribution in [3.8, 4) is 0 Å². The second-order valence-electron chi connectivity index (χ2n) is 6.78. The average Bonchev–Trinajstić information content (AvgIpc) is 2.56. The average molecular weight is 351 g/mol. The van der Waals surface area contributed by atoms with Gasteiger partial charge in [0, 0.05) is 23.7 Å². The molecule has 136 valence electrons. The molecule has 2 aromatic heterocycles. The van der Waals surface area contributed by atoms with Crippen LogP contribution in [0.25, 0.3) is 10.9 Å². The molecule has 2 heterocycles. The predicted molar refractivity (Wildman–Crippen MR) is 92.9 cm³/mol. The summed E-state index contributed by atoms with van der Waals surface area (Å²) < 4.78 is 26.1. The second-order valence-corrected chi connectivity index (χ2v) is 6.78. The smallest absolute Gasteiger partial charge is 0.280 e. The molecule has 0 radical (unpaired) electrons. The van der Waals surface area contributed by atoms with Crippen LogP contribution in [0, 0.1) is 0 Å². The van der Waals surface area contributed by atoms with Crippen LogP contribution in [0.4, 0.5) is 20.5 Å². The number of hydrogen-bond donors (Lipinski definition) is 3. The minimum atomic E-state index is -2.65. The number of pyridine rings is 1. The van der Waals surface area contributed by atoms with E-state index < -0.39 is 6.43 Å². The quantitative estimate of drug-likeness (QED) is 0.765. The summed E-state index contributed by atoms with van der Waals surface area (Å²) in [6.07, 6.45) is 1.87. The summed E-state index contributed by atoms with van der Waals surface area (Å²) in [5.41, 5.74) is 0.229. The van der Waals surface area contributed by atoms with E-state index in [9.17, 15) is 13.9 Å². The van der Waals surface area contributed by atoms with Crippen LogP contribution in [0.3, 0.4) is 0 Å². The number of nitrogens with one attached hydrogen (secondary N) is 2. The van der Waals surface area contributed by atoms with E-state index in [-0.39, 0.29) is 23.9 Å². The summed E-state index contributed by atoms with van der Waals surface area (Å²) in [5, 5.41) is 16.5. The maximum Gasteiger partial charge on any atom is 0.280 e. The third kappa shape index (κ3) is 4.31. The lowest BCUT2D eigenvalue weighted by Crippen LogP contribution is -2.28. The molecule has 1 saturated carbocycles. The lowest BCUT2D eigenvalue weighted by Gasteiger charge is -2.26. The van der Waals surface area contributed by atoms with E-state index in [2.05, 4.69) is 25.6 Å². The highest BCUT2D eigenvalue weighted by atomic mass is 19.3. The summed E-state index contributed by atoms with van der Waals surface area (Å²) in [6, 6.07) is 1.57. The van der Waals surface area contributed by atoms with Crippen molar-refractivity contribution < 1.29 is 13.9 Å². The van der Waals surface area contributed by atoms with Crippen LogP contribution >= 0.6 is 0 Å². The molecule has 1 fully saturated rings. The van der Waals surface area contributed by atoms with Crippen LogP contribution in [-0.2, 0) is 0 Å². The third-order valence-electron chi connectivity index (χ3n) is 4.26. The fraction of sp³-hybridized carbons (Fsp3) is 0.588. The minimum absolute atomic E-state index is 0.0369. The lowest BCUT2D eigenvalue weighted by atomic mass is 9.93. The first-order valence-electron chi connectivity index (χ1n) is 8.59. The maximum atomic E-state index is 13.1. The van der Waals surface area contributed by atoms with Gasteiger partial charge in [0.15, 0.2) is 5.82 Å². The van der Waals surface area contributed by atoms with Crippen LogP contribution in [-0.4, -0.2) is 38.2 Å². The van der Waals surface area contributed by atoms with Gasteiger partial charge in [-0.25, -0.2) is 23.7 Å². The van der Waals surface area contributed by atoms with E-state index in [0.717, 1.165) is 25.7 Å². The Morgan fingerprint density at radius 1 is 1.16 bits per heavy atom. The van der Waals surface area contributed by atoms with Crippen molar-refractivity contribution in [1.82, 2.24) is 15.0 Å². The van der Waals surface area contributed by atoms with Crippen molar-refractivity contribution >= 4 is 22.7 Å². The number of hydrogen-bond acceptors (Lipinski definition) is 6. The van der Waals surface area contributed by atoms with Crippen molar-refractivity contribution in [1.29, 1.82) is 0 Å². The van der Waals surface area contributed by atoms with Crippen molar-refractivity contribution in [2.75, 3.05) is 10.6 Å². The molecule has 0 bridgehead atoms. The molecule has 0 amide bonds. The Morgan fingerprint density at radius 2 is 1.88 bits per heavy atom. The molecule has 0 saturated heterocycles. The molecule has 6 nitrogen and oxygen atoms in total. The Hall–Kier alpha value is -2.09. The van der Waals surface area contributed by atoms with E-state index >= 15 is 0 Å². The summed E-state index contributed by atoms with van der Waals surface area (Å²) in [4.78, 5) is 12.8. The molecule has 0 spiro atoms. The largest absolute Gasteiger partial charge is 0.393 e. The summed E-state index contributed by atoms with van der Waals surface area (Å²) >= 11 is 0. The van der Waals surface area contributed by atoms with Crippen molar-refractivity contribution in [3.63, 3.8) is 0 Å². The molecule has 1 aliphatic carbocycles. The van der Waals surface area contributed by atoms with E-state index in [1.54, 1.807) is 6.20 Å². The van der Waals surface area contributed by atoms with Crippen LogP contribution < -0.4 is 10.6 Å². The van der Waals surface area contributed by atoms with Gasteiger partial charge < -0.3 is 15.7 Å². The number of alkyl halides is 2. The fourth-order valence-corrected chi connectivity index (χ4v) is 3.02. The number of aliphatic hydroxyl groups is 1. The first kappa shape index (κ1) is 17.7. The number of halogens is 2. The maximum absolute atomic E-state index is 13.1. The molecule has 1 aliphatic rings. The number of aliphatic hydroxyl groups excluding tert-OH is 1. The monoisotopic (exact) mass is 351 g/mol. The zero-order valence-electron chi connectivity index (χ0n) is 14.3. The van der Waals surface area contributed by atoms with Gasteiger partial charge in [0.05, 0.1) is 6.10 Å². The Morgan fingerprint density at radius 3 is 2.52 bits per heavy atom. The standard InChI is InChI=1S/C17H23F2N5O/c1-9(2)21-16-14-10(7-13(23-16)15(18)19)8-20-17(24-14)22-11-3-5-12(25)6-4-11/h7-9,11-12,15,25H,3-6H2,1-2H3,(H,21,23)(H,20,22,24)/t11-,12-. The zero-order chi connectivity index (χ0) is 18.0.